The van der Waals surface area contributed by atoms with E-state index in [4.69, 9.17) is 0 Å². The van der Waals surface area contributed by atoms with Crippen LogP contribution in [0.5, 0.6) is 0 Å². The predicted octanol–water partition coefficient (Wildman–Crippen LogP) is 1.04. The van der Waals surface area contributed by atoms with E-state index in [1.807, 2.05) is 6.92 Å². The second-order valence-electron chi connectivity index (χ2n) is 6.00. The van der Waals surface area contributed by atoms with Crippen LogP contribution in [0.25, 0.3) is 0 Å². The Hall–Kier alpha value is -1.44. The number of carbonyl (C=O) groups excluding carboxylic acids is 1. The molecule has 0 saturated carbocycles. The molecule has 2 N–H and O–H groups in total. The fourth-order valence-corrected chi connectivity index (χ4v) is 3.69. The maximum absolute atomic E-state index is 12.3. The Morgan fingerprint density at radius 2 is 2.00 bits per heavy atom. The van der Waals surface area contributed by atoms with Gasteiger partial charge in [-0.2, -0.15) is 0 Å². The van der Waals surface area contributed by atoms with Crippen molar-refractivity contribution in [1.29, 1.82) is 0 Å². The summed E-state index contributed by atoms with van der Waals surface area (Å²) in [5.74, 6) is 0.111. The Morgan fingerprint density at radius 3 is 2.55 bits per heavy atom. The van der Waals surface area contributed by atoms with Crippen molar-refractivity contribution in [2.75, 3.05) is 32.5 Å². The summed E-state index contributed by atoms with van der Waals surface area (Å²) in [4.78, 5) is 12.5. The highest BCUT2D eigenvalue weighted by Gasteiger charge is 2.29. The third kappa shape index (κ3) is 3.31. The van der Waals surface area contributed by atoms with Crippen molar-refractivity contribution >= 4 is 21.6 Å². The van der Waals surface area contributed by atoms with Crippen molar-refractivity contribution in [3.63, 3.8) is 0 Å². The quantitative estimate of drug-likeness (QED) is 0.867. The van der Waals surface area contributed by atoms with Gasteiger partial charge < -0.3 is 10.6 Å². The maximum Gasteiger partial charge on any atom is 0.242 e. The van der Waals surface area contributed by atoms with Crippen molar-refractivity contribution < 1.29 is 13.2 Å². The molecule has 0 spiro atoms. The molecule has 1 amide bonds. The molecule has 1 aromatic carbocycles. The molecule has 22 heavy (non-hydrogen) atoms. The third-order valence-corrected chi connectivity index (χ3v) is 6.03. The molecule has 122 valence electrons. The van der Waals surface area contributed by atoms with E-state index in [2.05, 4.69) is 10.6 Å². The Kier molecular flexibility index (Phi) is 4.89. The van der Waals surface area contributed by atoms with Crippen LogP contribution in [0.3, 0.4) is 0 Å². The molecule has 1 saturated heterocycles. The first-order chi connectivity index (χ1) is 10.2. The van der Waals surface area contributed by atoms with Crippen molar-refractivity contribution in [3.8, 4) is 0 Å². The van der Waals surface area contributed by atoms with E-state index in [1.54, 1.807) is 19.1 Å². The van der Waals surface area contributed by atoms with Gasteiger partial charge in [-0.15, -0.1) is 0 Å². The maximum atomic E-state index is 12.3. The highest BCUT2D eigenvalue weighted by Crippen LogP contribution is 2.24. The second kappa shape index (κ2) is 6.36. The predicted molar refractivity (Wildman–Crippen MR) is 86.2 cm³/mol. The van der Waals surface area contributed by atoms with Gasteiger partial charge in [-0.1, -0.05) is 13.0 Å². The van der Waals surface area contributed by atoms with E-state index in [9.17, 15) is 13.2 Å². The summed E-state index contributed by atoms with van der Waals surface area (Å²) >= 11 is 0. The van der Waals surface area contributed by atoms with Crippen LogP contribution in [-0.4, -0.2) is 45.8 Å². The summed E-state index contributed by atoms with van der Waals surface area (Å²) in [5, 5.41) is 6.02. The summed E-state index contributed by atoms with van der Waals surface area (Å²) < 4.78 is 25.8. The number of amides is 1. The highest BCUT2D eigenvalue weighted by atomic mass is 32.2. The van der Waals surface area contributed by atoms with Gasteiger partial charge in [0.2, 0.25) is 15.9 Å². The molecule has 1 aliphatic rings. The van der Waals surface area contributed by atoms with E-state index < -0.39 is 10.0 Å². The number of nitrogens with zero attached hydrogens (tertiary/aromatic N) is 1. The molecular formula is C15H23N3O3S. The number of hydrogen-bond donors (Lipinski definition) is 2. The van der Waals surface area contributed by atoms with Gasteiger partial charge in [0.25, 0.3) is 0 Å². The molecular weight excluding hydrogens is 302 g/mol. The van der Waals surface area contributed by atoms with Gasteiger partial charge in [0.1, 0.15) is 0 Å². The standard InChI is InChI=1S/C15H23N3O3S/c1-10-5-6-12(7-14(10)22(20,21)18(3)4)17-15(19)13-9-16-8-11(13)2/h5-7,11,13,16H,8-9H2,1-4H3,(H,17,19)/t11-,13-/m1/s1. The highest BCUT2D eigenvalue weighted by molar-refractivity contribution is 7.89. The fraction of sp³-hybridized carbons (Fsp3) is 0.533. The molecule has 1 aliphatic heterocycles. The van der Waals surface area contributed by atoms with Crippen molar-refractivity contribution in [2.24, 2.45) is 11.8 Å². The van der Waals surface area contributed by atoms with Crippen molar-refractivity contribution in [3.05, 3.63) is 23.8 Å². The lowest BCUT2D eigenvalue weighted by Crippen LogP contribution is -2.28. The summed E-state index contributed by atoms with van der Waals surface area (Å²) in [6.07, 6.45) is 0. The van der Waals surface area contributed by atoms with E-state index in [1.165, 1.54) is 24.5 Å². The molecule has 6 nitrogen and oxygen atoms in total. The smallest absolute Gasteiger partial charge is 0.242 e. The Balaban J connectivity index is 2.25. The van der Waals surface area contributed by atoms with Crippen LogP contribution in [0, 0.1) is 18.8 Å². The van der Waals surface area contributed by atoms with E-state index in [0.717, 1.165) is 6.54 Å². The van der Waals surface area contributed by atoms with E-state index in [-0.39, 0.29) is 22.6 Å². The van der Waals surface area contributed by atoms with Gasteiger partial charge >= 0.3 is 0 Å². The minimum atomic E-state index is -3.53. The van der Waals surface area contributed by atoms with Crippen LogP contribution in [0.4, 0.5) is 5.69 Å². The summed E-state index contributed by atoms with van der Waals surface area (Å²) in [7, 11) is -0.542. The number of benzene rings is 1. The lowest BCUT2D eigenvalue weighted by Gasteiger charge is -2.17. The first-order valence-corrected chi connectivity index (χ1v) is 8.72. The van der Waals surface area contributed by atoms with Crippen LogP contribution >= 0.6 is 0 Å². The summed E-state index contributed by atoms with van der Waals surface area (Å²) in [6, 6.07) is 4.97. The van der Waals surface area contributed by atoms with E-state index in [0.29, 0.717) is 17.8 Å². The van der Waals surface area contributed by atoms with Crippen LogP contribution in [0.15, 0.2) is 23.1 Å². The van der Waals surface area contributed by atoms with Gasteiger partial charge in [-0.3, -0.25) is 4.79 Å². The lowest BCUT2D eigenvalue weighted by atomic mass is 9.97. The Morgan fingerprint density at radius 1 is 1.32 bits per heavy atom. The van der Waals surface area contributed by atoms with Gasteiger partial charge in [-0.05, 0) is 37.1 Å². The number of sulfonamides is 1. The minimum Gasteiger partial charge on any atom is -0.326 e. The number of anilines is 1. The van der Waals surface area contributed by atoms with Gasteiger partial charge in [-0.25, -0.2) is 12.7 Å². The number of aryl methyl sites for hydroxylation is 1. The first-order valence-electron chi connectivity index (χ1n) is 7.28. The van der Waals surface area contributed by atoms with Crippen LogP contribution < -0.4 is 10.6 Å². The Bertz CT molecular complexity index is 671. The molecule has 0 bridgehead atoms. The van der Waals surface area contributed by atoms with Crippen molar-refractivity contribution in [2.45, 2.75) is 18.7 Å². The molecule has 2 atom stereocenters. The molecule has 0 aromatic heterocycles. The largest absolute Gasteiger partial charge is 0.326 e. The number of hydrogen-bond acceptors (Lipinski definition) is 4. The van der Waals surface area contributed by atoms with Crippen LogP contribution in [0.2, 0.25) is 0 Å². The average Bonchev–Trinajstić information content (AvgIpc) is 2.86. The average molecular weight is 325 g/mol. The molecule has 1 heterocycles. The van der Waals surface area contributed by atoms with Crippen LogP contribution in [-0.2, 0) is 14.8 Å². The fourth-order valence-electron chi connectivity index (χ4n) is 2.55. The number of rotatable bonds is 4. The van der Waals surface area contributed by atoms with Gasteiger partial charge in [0.05, 0.1) is 10.8 Å². The molecule has 1 fully saturated rings. The molecule has 0 aliphatic carbocycles. The Labute approximate surface area is 131 Å². The minimum absolute atomic E-state index is 0.0745. The topological polar surface area (TPSA) is 78.5 Å². The molecule has 1 aromatic rings. The second-order valence-corrected chi connectivity index (χ2v) is 8.12. The normalized spacial score (nSPS) is 22.0. The van der Waals surface area contributed by atoms with E-state index >= 15 is 0 Å². The first kappa shape index (κ1) is 16.9. The lowest BCUT2D eigenvalue weighted by molar-refractivity contribution is -0.120. The van der Waals surface area contributed by atoms with Gasteiger partial charge in [0, 0.05) is 26.3 Å². The summed E-state index contributed by atoms with van der Waals surface area (Å²) in [6.45, 7) is 5.25. The third-order valence-electron chi connectivity index (χ3n) is 4.07. The zero-order valence-corrected chi connectivity index (χ0v) is 14.2. The zero-order valence-electron chi connectivity index (χ0n) is 13.4. The summed E-state index contributed by atoms with van der Waals surface area (Å²) in [5.41, 5.74) is 1.16. The molecule has 0 unspecified atom stereocenters. The molecule has 0 radical (unpaired) electrons. The number of carbonyl (C=O) groups is 1. The van der Waals surface area contributed by atoms with Gasteiger partial charge in [0.15, 0.2) is 0 Å². The van der Waals surface area contributed by atoms with Crippen LogP contribution in [0.1, 0.15) is 12.5 Å². The monoisotopic (exact) mass is 325 g/mol. The zero-order chi connectivity index (χ0) is 16.5. The molecule has 2 rings (SSSR count). The molecule has 7 heteroatoms. The SMILES string of the molecule is Cc1ccc(NC(=O)[C@@H]2CNC[C@H]2C)cc1S(=O)(=O)N(C)C. The number of nitrogens with one attached hydrogen (secondary N) is 2. The van der Waals surface area contributed by atoms with Crippen molar-refractivity contribution in [1.82, 2.24) is 9.62 Å².